The number of methoxy groups -OCH3 is 1. The molecule has 5 heteroatoms. The van der Waals surface area contributed by atoms with Crippen LogP contribution in [0.4, 0.5) is 4.39 Å². The van der Waals surface area contributed by atoms with E-state index in [-0.39, 0.29) is 6.42 Å². The van der Waals surface area contributed by atoms with Crippen molar-refractivity contribution in [3.63, 3.8) is 0 Å². The number of aliphatic carboxylic acids is 1. The summed E-state index contributed by atoms with van der Waals surface area (Å²) in [7, 11) is 1.55. The van der Waals surface area contributed by atoms with Crippen LogP contribution >= 0.6 is 0 Å². The van der Waals surface area contributed by atoms with Gasteiger partial charge in [0.05, 0.1) is 19.0 Å². The lowest BCUT2D eigenvalue weighted by Crippen LogP contribution is -2.16. The van der Waals surface area contributed by atoms with Crippen molar-refractivity contribution in [3.8, 4) is 5.75 Å². The summed E-state index contributed by atoms with van der Waals surface area (Å²) in [5, 5.41) is 9.32. The lowest BCUT2D eigenvalue weighted by molar-refractivity contribution is -0.138. The van der Waals surface area contributed by atoms with Crippen molar-refractivity contribution in [3.05, 3.63) is 59.7 Å². The molecule has 1 aromatic carbocycles. The van der Waals surface area contributed by atoms with Gasteiger partial charge in [0.2, 0.25) is 0 Å². The van der Waals surface area contributed by atoms with E-state index in [0.717, 1.165) is 11.8 Å². The number of pyridine rings is 1. The Bertz CT molecular complexity index is 598. The van der Waals surface area contributed by atoms with Gasteiger partial charge in [0.1, 0.15) is 17.5 Å². The second kappa shape index (κ2) is 6.14. The molecule has 0 spiro atoms. The van der Waals surface area contributed by atoms with Gasteiger partial charge in [-0.15, -0.1) is 0 Å². The summed E-state index contributed by atoms with van der Waals surface area (Å²) in [6, 6.07) is 9.79. The number of nitrogens with zero attached hydrogens (tertiary/aromatic N) is 1. The number of hydrogen-bond donors (Lipinski definition) is 1. The van der Waals surface area contributed by atoms with E-state index in [1.165, 1.54) is 12.1 Å². The molecule has 4 nitrogen and oxygen atoms in total. The molecule has 0 amide bonds. The van der Waals surface area contributed by atoms with E-state index in [1.54, 1.807) is 25.3 Å². The van der Waals surface area contributed by atoms with Gasteiger partial charge in [-0.05, 0) is 36.2 Å². The molecule has 1 N–H and O–H groups in total. The van der Waals surface area contributed by atoms with E-state index in [4.69, 9.17) is 4.74 Å². The molecule has 0 radical (unpaired) electrons. The van der Waals surface area contributed by atoms with E-state index in [9.17, 15) is 14.3 Å². The number of carboxylic acids is 1. The predicted octanol–water partition coefficient (Wildman–Crippen LogP) is 2.64. The second-order valence-corrected chi connectivity index (χ2v) is 4.35. The molecule has 1 unspecified atom stereocenters. The largest absolute Gasteiger partial charge is 0.497 e. The van der Waals surface area contributed by atoms with Gasteiger partial charge in [0.15, 0.2) is 0 Å². The standard InChI is InChI=1S/C15H14FNO3/c1-20-12-4-2-3-10(7-12)8-13(15(18)19)14-6-5-11(16)9-17-14/h2-7,9,13H,8H2,1H3,(H,18,19). The van der Waals surface area contributed by atoms with Crippen LogP contribution in [0.5, 0.6) is 5.75 Å². The van der Waals surface area contributed by atoms with Crippen molar-refractivity contribution in [2.24, 2.45) is 0 Å². The number of aromatic nitrogens is 1. The Morgan fingerprint density at radius 2 is 2.20 bits per heavy atom. The zero-order chi connectivity index (χ0) is 14.5. The summed E-state index contributed by atoms with van der Waals surface area (Å²) < 4.78 is 18.0. The smallest absolute Gasteiger partial charge is 0.312 e. The van der Waals surface area contributed by atoms with Crippen LogP contribution in [0.25, 0.3) is 0 Å². The lowest BCUT2D eigenvalue weighted by Gasteiger charge is -2.12. The van der Waals surface area contributed by atoms with Crippen LogP contribution in [-0.4, -0.2) is 23.2 Å². The van der Waals surface area contributed by atoms with Crippen molar-refractivity contribution in [2.75, 3.05) is 7.11 Å². The van der Waals surface area contributed by atoms with Crippen molar-refractivity contribution >= 4 is 5.97 Å². The van der Waals surface area contributed by atoms with Gasteiger partial charge >= 0.3 is 5.97 Å². The van der Waals surface area contributed by atoms with E-state index in [1.807, 2.05) is 6.07 Å². The quantitative estimate of drug-likeness (QED) is 0.911. The molecule has 0 aliphatic rings. The average molecular weight is 275 g/mol. The summed E-state index contributed by atoms with van der Waals surface area (Å²) in [5.41, 5.74) is 1.16. The average Bonchev–Trinajstić information content (AvgIpc) is 2.46. The molecule has 2 rings (SSSR count). The van der Waals surface area contributed by atoms with Gasteiger partial charge in [-0.1, -0.05) is 12.1 Å². The summed E-state index contributed by atoms with van der Waals surface area (Å²) >= 11 is 0. The molecule has 1 aromatic heterocycles. The normalized spacial score (nSPS) is 11.9. The van der Waals surface area contributed by atoms with Crippen LogP contribution < -0.4 is 4.74 Å². The Kier molecular flexibility index (Phi) is 4.30. The maximum absolute atomic E-state index is 12.9. The first-order valence-electron chi connectivity index (χ1n) is 6.07. The second-order valence-electron chi connectivity index (χ2n) is 4.35. The SMILES string of the molecule is COc1cccc(CC(C(=O)O)c2ccc(F)cn2)c1. The molecular formula is C15H14FNO3. The van der Waals surface area contributed by atoms with E-state index < -0.39 is 17.7 Å². The number of rotatable bonds is 5. The third kappa shape index (κ3) is 3.32. The Labute approximate surface area is 115 Å². The first-order chi connectivity index (χ1) is 9.60. The minimum atomic E-state index is -0.994. The molecule has 0 saturated heterocycles. The minimum Gasteiger partial charge on any atom is -0.497 e. The topological polar surface area (TPSA) is 59.4 Å². The van der Waals surface area contributed by atoms with Gasteiger partial charge in [-0.2, -0.15) is 0 Å². The highest BCUT2D eigenvalue weighted by atomic mass is 19.1. The molecule has 0 aliphatic carbocycles. The van der Waals surface area contributed by atoms with Crippen LogP contribution in [0.15, 0.2) is 42.6 Å². The fourth-order valence-corrected chi connectivity index (χ4v) is 1.95. The fraction of sp³-hybridized carbons (Fsp3) is 0.200. The summed E-state index contributed by atoms with van der Waals surface area (Å²) in [6.07, 6.45) is 1.29. The van der Waals surface area contributed by atoms with Crippen molar-refractivity contribution in [1.82, 2.24) is 4.98 Å². The molecule has 20 heavy (non-hydrogen) atoms. The van der Waals surface area contributed by atoms with E-state index in [0.29, 0.717) is 11.4 Å². The number of ether oxygens (including phenoxy) is 1. The first-order valence-corrected chi connectivity index (χ1v) is 6.07. The van der Waals surface area contributed by atoms with Gasteiger partial charge in [0.25, 0.3) is 0 Å². The molecule has 104 valence electrons. The van der Waals surface area contributed by atoms with Crippen LogP contribution in [0.1, 0.15) is 17.2 Å². The number of halogens is 1. The van der Waals surface area contributed by atoms with Crippen molar-refractivity contribution < 1.29 is 19.0 Å². The number of benzene rings is 1. The van der Waals surface area contributed by atoms with Gasteiger partial charge in [-0.25, -0.2) is 4.39 Å². The van der Waals surface area contributed by atoms with E-state index in [2.05, 4.69) is 4.98 Å². The molecule has 2 aromatic rings. The molecule has 0 aliphatic heterocycles. The van der Waals surface area contributed by atoms with Gasteiger partial charge < -0.3 is 9.84 Å². The molecule has 1 heterocycles. The number of carbonyl (C=O) groups is 1. The zero-order valence-corrected chi connectivity index (χ0v) is 10.9. The summed E-state index contributed by atoms with van der Waals surface area (Å²) in [5.74, 6) is -1.63. The monoisotopic (exact) mass is 275 g/mol. The van der Waals surface area contributed by atoms with Crippen molar-refractivity contribution in [2.45, 2.75) is 12.3 Å². The Balaban J connectivity index is 2.25. The molecule has 0 fully saturated rings. The van der Waals surface area contributed by atoms with Gasteiger partial charge in [-0.3, -0.25) is 9.78 Å². The van der Waals surface area contributed by atoms with Crippen molar-refractivity contribution in [1.29, 1.82) is 0 Å². The molecule has 0 bridgehead atoms. The zero-order valence-electron chi connectivity index (χ0n) is 10.9. The highest BCUT2D eigenvalue weighted by molar-refractivity contribution is 5.75. The number of hydrogen-bond acceptors (Lipinski definition) is 3. The van der Waals surface area contributed by atoms with Crippen LogP contribution in [0.3, 0.4) is 0 Å². The predicted molar refractivity (Wildman–Crippen MR) is 71.3 cm³/mol. The Morgan fingerprint density at radius 1 is 1.40 bits per heavy atom. The minimum absolute atomic E-state index is 0.269. The fourth-order valence-electron chi connectivity index (χ4n) is 1.95. The maximum Gasteiger partial charge on any atom is 0.312 e. The lowest BCUT2D eigenvalue weighted by atomic mass is 9.95. The first kappa shape index (κ1) is 14.0. The Hall–Kier alpha value is -2.43. The molecule has 1 atom stereocenters. The third-order valence-electron chi connectivity index (χ3n) is 2.98. The maximum atomic E-state index is 12.9. The number of carboxylic acid groups (broad SMARTS) is 1. The molecule has 0 saturated carbocycles. The van der Waals surface area contributed by atoms with Crippen LogP contribution in [0, 0.1) is 5.82 Å². The van der Waals surface area contributed by atoms with Crippen LogP contribution in [0.2, 0.25) is 0 Å². The van der Waals surface area contributed by atoms with Gasteiger partial charge in [0, 0.05) is 0 Å². The van der Waals surface area contributed by atoms with Crippen LogP contribution in [-0.2, 0) is 11.2 Å². The highest BCUT2D eigenvalue weighted by Crippen LogP contribution is 2.22. The van der Waals surface area contributed by atoms with E-state index >= 15 is 0 Å². The third-order valence-corrected chi connectivity index (χ3v) is 2.98. The highest BCUT2D eigenvalue weighted by Gasteiger charge is 2.22. The molecular weight excluding hydrogens is 261 g/mol. The summed E-state index contributed by atoms with van der Waals surface area (Å²) in [6.45, 7) is 0. The summed E-state index contributed by atoms with van der Waals surface area (Å²) in [4.78, 5) is 15.2. The Morgan fingerprint density at radius 3 is 2.80 bits per heavy atom.